The van der Waals surface area contributed by atoms with Gasteiger partial charge in [-0.2, -0.15) is 0 Å². The van der Waals surface area contributed by atoms with E-state index in [0.717, 1.165) is 36.0 Å². The summed E-state index contributed by atoms with van der Waals surface area (Å²) in [5.41, 5.74) is 1.35. The Morgan fingerprint density at radius 1 is 1.25 bits per heavy atom. The third-order valence-electron chi connectivity index (χ3n) is 3.28. The summed E-state index contributed by atoms with van der Waals surface area (Å²) in [5, 5.41) is 5.41. The van der Waals surface area contributed by atoms with Gasteiger partial charge in [0.1, 0.15) is 0 Å². The molecular formula is C16H21ClN2S. The molecule has 0 fully saturated rings. The highest BCUT2D eigenvalue weighted by molar-refractivity contribution is 7.11. The van der Waals surface area contributed by atoms with E-state index in [0.29, 0.717) is 5.92 Å². The Balaban J connectivity index is 2.00. The minimum Gasteiger partial charge on any atom is -0.317 e. The molecule has 1 atom stereocenters. The molecular weight excluding hydrogens is 288 g/mol. The third-order valence-corrected chi connectivity index (χ3v) is 4.47. The van der Waals surface area contributed by atoms with Crippen molar-refractivity contribution in [2.75, 3.05) is 13.1 Å². The van der Waals surface area contributed by atoms with Gasteiger partial charge >= 0.3 is 0 Å². The van der Waals surface area contributed by atoms with Gasteiger partial charge in [0.25, 0.3) is 0 Å². The summed E-state index contributed by atoms with van der Waals surface area (Å²) in [6.45, 7) is 6.26. The zero-order valence-electron chi connectivity index (χ0n) is 12.0. The first-order valence-corrected chi connectivity index (χ1v) is 8.23. The molecule has 1 heterocycles. The first-order chi connectivity index (χ1) is 9.67. The Morgan fingerprint density at radius 3 is 2.60 bits per heavy atom. The molecule has 2 aromatic rings. The highest BCUT2D eigenvalue weighted by atomic mass is 35.5. The molecule has 0 amide bonds. The smallest absolute Gasteiger partial charge is 0.0896 e. The number of nitrogens with zero attached hydrogens (tertiary/aromatic N) is 1. The first-order valence-electron chi connectivity index (χ1n) is 7.04. The van der Waals surface area contributed by atoms with Crippen molar-refractivity contribution in [2.45, 2.75) is 26.7 Å². The van der Waals surface area contributed by atoms with Crippen molar-refractivity contribution in [1.82, 2.24) is 10.3 Å². The van der Waals surface area contributed by atoms with E-state index in [9.17, 15) is 0 Å². The van der Waals surface area contributed by atoms with E-state index in [1.165, 1.54) is 10.4 Å². The maximum atomic E-state index is 5.95. The monoisotopic (exact) mass is 308 g/mol. The van der Waals surface area contributed by atoms with Crippen molar-refractivity contribution in [3.63, 3.8) is 0 Å². The van der Waals surface area contributed by atoms with Crippen molar-refractivity contribution in [3.05, 3.63) is 50.9 Å². The maximum Gasteiger partial charge on any atom is 0.0896 e. The molecule has 2 rings (SSSR count). The van der Waals surface area contributed by atoms with Crippen molar-refractivity contribution < 1.29 is 0 Å². The molecule has 0 saturated carbocycles. The number of aromatic nitrogens is 1. The van der Waals surface area contributed by atoms with Gasteiger partial charge in [-0.1, -0.05) is 30.7 Å². The summed E-state index contributed by atoms with van der Waals surface area (Å²) in [6, 6.07) is 8.19. The fourth-order valence-corrected chi connectivity index (χ4v) is 3.34. The Labute approximate surface area is 130 Å². The summed E-state index contributed by atoms with van der Waals surface area (Å²) >= 11 is 7.75. The molecule has 108 valence electrons. The lowest BCUT2D eigenvalue weighted by molar-refractivity contribution is 0.481. The van der Waals surface area contributed by atoms with Gasteiger partial charge in [-0.15, -0.1) is 11.3 Å². The molecule has 0 aliphatic rings. The van der Waals surface area contributed by atoms with Gasteiger partial charge in [-0.25, -0.2) is 4.98 Å². The Hall–Kier alpha value is -0.900. The van der Waals surface area contributed by atoms with Crippen LogP contribution in [0.15, 0.2) is 30.5 Å². The number of rotatable bonds is 7. The molecule has 1 N–H and O–H groups in total. The van der Waals surface area contributed by atoms with E-state index < -0.39 is 0 Å². The van der Waals surface area contributed by atoms with E-state index in [2.05, 4.69) is 36.3 Å². The van der Waals surface area contributed by atoms with E-state index in [1.807, 2.05) is 18.3 Å². The van der Waals surface area contributed by atoms with Crippen molar-refractivity contribution in [3.8, 4) is 0 Å². The zero-order valence-corrected chi connectivity index (χ0v) is 13.6. The van der Waals surface area contributed by atoms with E-state index in [4.69, 9.17) is 11.6 Å². The predicted octanol–water partition coefficient (Wildman–Crippen LogP) is 4.12. The van der Waals surface area contributed by atoms with Crippen LogP contribution in [-0.4, -0.2) is 18.1 Å². The lowest BCUT2D eigenvalue weighted by Crippen LogP contribution is -2.25. The second-order valence-corrected chi connectivity index (χ2v) is 6.81. The van der Waals surface area contributed by atoms with Crippen LogP contribution >= 0.6 is 22.9 Å². The van der Waals surface area contributed by atoms with Crippen LogP contribution in [0.1, 0.15) is 22.4 Å². The molecule has 1 unspecified atom stereocenters. The summed E-state index contributed by atoms with van der Waals surface area (Å²) in [4.78, 5) is 5.72. The average molecular weight is 309 g/mol. The van der Waals surface area contributed by atoms with Crippen molar-refractivity contribution in [1.29, 1.82) is 0 Å². The van der Waals surface area contributed by atoms with Crippen LogP contribution in [0.2, 0.25) is 5.02 Å². The number of hydrogen-bond donors (Lipinski definition) is 1. The Bertz CT molecular complexity index is 522. The van der Waals surface area contributed by atoms with Gasteiger partial charge in [-0.05, 0) is 56.5 Å². The Kier molecular flexibility index (Phi) is 6.02. The van der Waals surface area contributed by atoms with Gasteiger partial charge in [0, 0.05) is 16.1 Å². The van der Waals surface area contributed by atoms with E-state index >= 15 is 0 Å². The maximum absolute atomic E-state index is 5.95. The van der Waals surface area contributed by atoms with Crippen LogP contribution < -0.4 is 5.32 Å². The van der Waals surface area contributed by atoms with E-state index in [-0.39, 0.29) is 0 Å². The number of aryl methyl sites for hydroxylation is 1. The molecule has 0 spiro atoms. The fourth-order valence-electron chi connectivity index (χ4n) is 2.30. The molecule has 4 heteroatoms. The second-order valence-electron chi connectivity index (χ2n) is 5.05. The van der Waals surface area contributed by atoms with Gasteiger partial charge in [0.2, 0.25) is 0 Å². The minimum atomic E-state index is 0.593. The van der Waals surface area contributed by atoms with Crippen LogP contribution in [0.4, 0.5) is 0 Å². The number of hydrogen-bond acceptors (Lipinski definition) is 3. The molecule has 1 aromatic carbocycles. The standard InChI is InChI=1S/C16H21ClN2S/c1-3-18-10-14(9-16-11-19-12(2)20-16)8-13-4-6-15(17)7-5-13/h4-7,11,14,18H,3,8-10H2,1-2H3. The lowest BCUT2D eigenvalue weighted by atomic mass is 9.95. The number of nitrogens with one attached hydrogen (secondary N) is 1. The topological polar surface area (TPSA) is 24.9 Å². The predicted molar refractivity (Wildman–Crippen MR) is 87.7 cm³/mol. The summed E-state index contributed by atoms with van der Waals surface area (Å²) in [7, 11) is 0. The normalized spacial score (nSPS) is 12.6. The SMILES string of the molecule is CCNCC(Cc1ccc(Cl)cc1)Cc1cnc(C)s1. The molecule has 0 bridgehead atoms. The highest BCUT2D eigenvalue weighted by Crippen LogP contribution is 2.20. The molecule has 0 radical (unpaired) electrons. The Morgan fingerprint density at radius 2 is 2.00 bits per heavy atom. The van der Waals surface area contributed by atoms with Crippen molar-refractivity contribution >= 4 is 22.9 Å². The quantitative estimate of drug-likeness (QED) is 0.832. The molecule has 0 saturated heterocycles. The van der Waals surface area contributed by atoms with Crippen LogP contribution in [0.5, 0.6) is 0 Å². The van der Waals surface area contributed by atoms with Crippen LogP contribution in [0.25, 0.3) is 0 Å². The molecule has 2 nitrogen and oxygen atoms in total. The minimum absolute atomic E-state index is 0.593. The average Bonchev–Trinajstić information content (AvgIpc) is 2.84. The lowest BCUT2D eigenvalue weighted by Gasteiger charge is -2.16. The zero-order chi connectivity index (χ0) is 14.4. The van der Waals surface area contributed by atoms with E-state index in [1.54, 1.807) is 11.3 Å². The van der Waals surface area contributed by atoms with Crippen LogP contribution in [0, 0.1) is 12.8 Å². The number of thiazole rings is 1. The summed E-state index contributed by atoms with van der Waals surface area (Å²) < 4.78 is 0. The molecule has 20 heavy (non-hydrogen) atoms. The molecule has 1 aromatic heterocycles. The van der Waals surface area contributed by atoms with Gasteiger partial charge in [0.05, 0.1) is 5.01 Å². The van der Waals surface area contributed by atoms with Gasteiger partial charge in [0.15, 0.2) is 0 Å². The second kappa shape index (κ2) is 7.77. The van der Waals surface area contributed by atoms with Gasteiger partial charge < -0.3 is 5.32 Å². The van der Waals surface area contributed by atoms with Gasteiger partial charge in [-0.3, -0.25) is 0 Å². The first kappa shape index (κ1) is 15.5. The molecule has 0 aliphatic heterocycles. The fraction of sp³-hybridized carbons (Fsp3) is 0.438. The highest BCUT2D eigenvalue weighted by Gasteiger charge is 2.12. The third kappa shape index (κ3) is 4.89. The van der Waals surface area contributed by atoms with Crippen LogP contribution in [0.3, 0.4) is 0 Å². The van der Waals surface area contributed by atoms with Crippen molar-refractivity contribution in [2.24, 2.45) is 5.92 Å². The number of halogens is 1. The van der Waals surface area contributed by atoms with Crippen LogP contribution in [-0.2, 0) is 12.8 Å². The molecule has 0 aliphatic carbocycles. The largest absolute Gasteiger partial charge is 0.317 e. The summed E-state index contributed by atoms with van der Waals surface area (Å²) in [5.74, 6) is 0.593. The number of benzene rings is 1. The summed E-state index contributed by atoms with van der Waals surface area (Å²) in [6.07, 6.45) is 4.17.